The first-order valence-electron chi connectivity index (χ1n) is 3.18. The summed E-state index contributed by atoms with van der Waals surface area (Å²) in [7, 11) is 0. The third kappa shape index (κ3) is 1.13. The smallest absolute Gasteiger partial charge is 0.184 e. The molecule has 0 bridgehead atoms. The van der Waals surface area contributed by atoms with Crippen LogP contribution in [0.1, 0.15) is 0 Å². The maximum absolute atomic E-state index is 12.8. The van der Waals surface area contributed by atoms with E-state index >= 15 is 0 Å². The predicted molar refractivity (Wildman–Crippen MR) is 49.0 cm³/mol. The third-order valence-electron chi connectivity index (χ3n) is 1.46. The molecule has 1 aromatic carbocycles. The second-order valence-corrected chi connectivity index (χ2v) is 3.92. The summed E-state index contributed by atoms with van der Waals surface area (Å²) in [6.45, 7) is 0. The highest BCUT2D eigenvalue weighted by molar-refractivity contribution is 7.22. The van der Waals surface area contributed by atoms with Gasteiger partial charge in [0.15, 0.2) is 4.47 Å². The van der Waals surface area contributed by atoms with Gasteiger partial charge < -0.3 is 5.73 Å². The van der Waals surface area contributed by atoms with E-state index < -0.39 is 0 Å². The van der Waals surface area contributed by atoms with E-state index in [4.69, 9.17) is 17.3 Å². The highest BCUT2D eigenvalue weighted by Crippen LogP contribution is 2.29. The van der Waals surface area contributed by atoms with E-state index in [1.54, 1.807) is 0 Å². The van der Waals surface area contributed by atoms with Crippen molar-refractivity contribution < 1.29 is 4.39 Å². The van der Waals surface area contributed by atoms with Gasteiger partial charge in [0, 0.05) is 0 Å². The van der Waals surface area contributed by atoms with Gasteiger partial charge in [0.2, 0.25) is 0 Å². The van der Waals surface area contributed by atoms with Crippen molar-refractivity contribution in [3.63, 3.8) is 0 Å². The molecule has 0 saturated carbocycles. The summed E-state index contributed by atoms with van der Waals surface area (Å²) >= 11 is 6.85. The largest absolute Gasteiger partial charge is 0.397 e. The monoisotopic (exact) mass is 202 g/mol. The standard InChI is InChI=1S/C7H4ClFN2S/c8-7-11-6-4(10)1-3(9)2-5(6)12-7/h1-2H,10H2. The minimum absolute atomic E-state index is 0.327. The van der Waals surface area contributed by atoms with Gasteiger partial charge in [0.1, 0.15) is 11.3 Å². The molecule has 0 fully saturated rings. The van der Waals surface area contributed by atoms with Gasteiger partial charge >= 0.3 is 0 Å². The number of nitrogens with two attached hydrogens (primary N) is 1. The summed E-state index contributed by atoms with van der Waals surface area (Å²) in [5.41, 5.74) is 6.42. The predicted octanol–water partition coefficient (Wildman–Crippen LogP) is 2.67. The number of hydrogen-bond acceptors (Lipinski definition) is 3. The fourth-order valence-corrected chi connectivity index (χ4v) is 2.08. The molecule has 0 aliphatic carbocycles. The number of hydrogen-bond donors (Lipinski definition) is 1. The van der Waals surface area contributed by atoms with Crippen molar-refractivity contribution in [1.82, 2.24) is 4.98 Å². The van der Waals surface area contributed by atoms with Gasteiger partial charge in [-0.2, -0.15) is 0 Å². The Morgan fingerprint density at radius 1 is 1.50 bits per heavy atom. The number of nitrogens with zero attached hydrogens (tertiary/aromatic N) is 1. The average Bonchev–Trinajstić information content (AvgIpc) is 2.29. The van der Waals surface area contributed by atoms with E-state index in [1.807, 2.05) is 0 Å². The molecule has 62 valence electrons. The molecule has 2 rings (SSSR count). The molecule has 0 atom stereocenters. The number of nitrogen functional groups attached to an aromatic ring is 1. The normalized spacial score (nSPS) is 10.8. The van der Waals surface area contributed by atoms with Crippen LogP contribution in [0.25, 0.3) is 10.2 Å². The molecule has 0 radical (unpaired) electrons. The molecular formula is C7H4ClFN2S. The van der Waals surface area contributed by atoms with Gasteiger partial charge in [0.05, 0.1) is 10.4 Å². The molecule has 0 aliphatic rings. The molecule has 0 saturated heterocycles. The van der Waals surface area contributed by atoms with Crippen LogP contribution >= 0.6 is 22.9 Å². The quantitative estimate of drug-likeness (QED) is 0.667. The topological polar surface area (TPSA) is 38.9 Å². The number of aromatic nitrogens is 1. The van der Waals surface area contributed by atoms with Gasteiger partial charge in [-0.25, -0.2) is 9.37 Å². The Labute approximate surface area is 76.8 Å². The Kier molecular flexibility index (Phi) is 1.66. The van der Waals surface area contributed by atoms with Gasteiger partial charge in [-0.3, -0.25) is 0 Å². The molecule has 12 heavy (non-hydrogen) atoms. The van der Waals surface area contributed by atoms with Crippen molar-refractivity contribution in [1.29, 1.82) is 0 Å². The van der Waals surface area contributed by atoms with Crippen LogP contribution in [0.2, 0.25) is 4.47 Å². The SMILES string of the molecule is Nc1cc(F)cc2sc(Cl)nc12. The fourth-order valence-electron chi connectivity index (χ4n) is 0.993. The number of halogens is 2. The lowest BCUT2D eigenvalue weighted by Crippen LogP contribution is -1.87. The second kappa shape index (κ2) is 2.57. The molecule has 2 nitrogen and oxygen atoms in total. The molecule has 0 unspecified atom stereocenters. The van der Waals surface area contributed by atoms with Crippen molar-refractivity contribution in [2.75, 3.05) is 5.73 Å². The van der Waals surface area contributed by atoms with Crippen LogP contribution < -0.4 is 5.73 Å². The van der Waals surface area contributed by atoms with Crippen molar-refractivity contribution in [2.45, 2.75) is 0 Å². The Balaban J connectivity index is 2.88. The lowest BCUT2D eigenvalue weighted by atomic mass is 10.3. The molecule has 1 aromatic heterocycles. The number of benzene rings is 1. The Morgan fingerprint density at radius 2 is 2.25 bits per heavy atom. The van der Waals surface area contributed by atoms with Crippen LogP contribution in [-0.2, 0) is 0 Å². The lowest BCUT2D eigenvalue weighted by Gasteiger charge is -1.93. The first-order chi connectivity index (χ1) is 5.66. The molecule has 2 N–H and O–H groups in total. The van der Waals surface area contributed by atoms with Gasteiger partial charge in [-0.1, -0.05) is 11.6 Å². The lowest BCUT2D eigenvalue weighted by molar-refractivity contribution is 0.630. The van der Waals surface area contributed by atoms with Crippen LogP contribution in [0.3, 0.4) is 0 Å². The summed E-state index contributed by atoms with van der Waals surface area (Å²) in [5.74, 6) is -0.361. The molecule has 0 aliphatic heterocycles. The summed E-state index contributed by atoms with van der Waals surface area (Å²) in [5, 5.41) is 0. The van der Waals surface area contributed by atoms with Gasteiger partial charge in [-0.05, 0) is 12.1 Å². The zero-order chi connectivity index (χ0) is 8.72. The molecule has 2 aromatic rings. The van der Waals surface area contributed by atoms with E-state index in [1.165, 1.54) is 23.5 Å². The summed E-state index contributed by atoms with van der Waals surface area (Å²) < 4.78 is 13.8. The molecule has 1 heterocycles. The van der Waals surface area contributed by atoms with Crippen LogP contribution in [0.4, 0.5) is 10.1 Å². The first-order valence-corrected chi connectivity index (χ1v) is 4.37. The molecule has 0 amide bonds. The molecule has 5 heteroatoms. The summed E-state index contributed by atoms with van der Waals surface area (Å²) in [6, 6.07) is 2.60. The van der Waals surface area contributed by atoms with Crippen LogP contribution in [0.15, 0.2) is 12.1 Å². The van der Waals surface area contributed by atoms with Crippen molar-refractivity contribution in [2.24, 2.45) is 0 Å². The van der Waals surface area contributed by atoms with E-state index in [2.05, 4.69) is 4.98 Å². The minimum Gasteiger partial charge on any atom is -0.397 e. The van der Waals surface area contributed by atoms with E-state index in [9.17, 15) is 4.39 Å². The van der Waals surface area contributed by atoms with Gasteiger partial charge in [-0.15, -0.1) is 11.3 Å². The van der Waals surface area contributed by atoms with Crippen LogP contribution in [-0.4, -0.2) is 4.98 Å². The average molecular weight is 203 g/mol. The van der Waals surface area contributed by atoms with E-state index in [-0.39, 0.29) is 5.82 Å². The number of thiazole rings is 1. The second-order valence-electron chi connectivity index (χ2n) is 2.31. The Hall–Kier alpha value is -0.870. The molecular weight excluding hydrogens is 199 g/mol. The van der Waals surface area contributed by atoms with Crippen LogP contribution in [0, 0.1) is 5.82 Å². The zero-order valence-electron chi connectivity index (χ0n) is 5.84. The van der Waals surface area contributed by atoms with Crippen molar-refractivity contribution in [3.05, 3.63) is 22.4 Å². The Bertz CT molecular complexity index is 440. The maximum atomic E-state index is 12.8. The van der Waals surface area contributed by atoms with E-state index in [0.717, 1.165) is 0 Å². The summed E-state index contributed by atoms with van der Waals surface area (Å²) in [6.07, 6.45) is 0. The van der Waals surface area contributed by atoms with Crippen molar-refractivity contribution in [3.8, 4) is 0 Å². The maximum Gasteiger partial charge on any atom is 0.184 e. The number of rotatable bonds is 0. The van der Waals surface area contributed by atoms with Crippen LogP contribution in [0.5, 0.6) is 0 Å². The van der Waals surface area contributed by atoms with E-state index in [0.29, 0.717) is 20.4 Å². The van der Waals surface area contributed by atoms with Gasteiger partial charge in [0.25, 0.3) is 0 Å². The first kappa shape index (κ1) is 7.76. The number of fused-ring (bicyclic) bond motifs is 1. The van der Waals surface area contributed by atoms with Crippen molar-refractivity contribution >= 4 is 38.8 Å². The fraction of sp³-hybridized carbons (Fsp3) is 0. The Morgan fingerprint density at radius 3 is 3.00 bits per heavy atom. The third-order valence-corrected chi connectivity index (χ3v) is 2.57. The summed E-state index contributed by atoms with van der Waals surface area (Å²) in [4.78, 5) is 3.95. The highest BCUT2D eigenvalue weighted by atomic mass is 35.5. The zero-order valence-corrected chi connectivity index (χ0v) is 7.42. The highest BCUT2D eigenvalue weighted by Gasteiger charge is 2.06. The minimum atomic E-state index is -0.361. The molecule has 0 spiro atoms. The number of anilines is 1.